The second kappa shape index (κ2) is 14.1. The fraction of sp³-hybridized carbons (Fsp3) is 0.294. The molecule has 0 aliphatic carbocycles. The van der Waals surface area contributed by atoms with E-state index < -0.39 is 10.1 Å². The highest BCUT2D eigenvalue weighted by Gasteiger charge is 1.92. The predicted molar refractivity (Wildman–Crippen MR) is 93.1 cm³/mol. The number of hydrogen-bond donors (Lipinski definition) is 1. The molecular formula is C17H26O4S. The zero-order valence-corrected chi connectivity index (χ0v) is 14.7. The lowest BCUT2D eigenvalue weighted by atomic mass is 10.3. The van der Waals surface area contributed by atoms with Crippen molar-refractivity contribution < 1.29 is 17.7 Å². The summed E-state index contributed by atoms with van der Waals surface area (Å²) in [6.07, 6.45) is 0.715. The fourth-order valence-corrected chi connectivity index (χ4v) is 1.11. The lowest BCUT2D eigenvalue weighted by molar-refractivity contribution is 0.482. The molecule has 0 spiro atoms. The molecule has 0 amide bonds. The molecular weight excluding hydrogens is 300 g/mol. The second-order valence-electron chi connectivity index (χ2n) is 3.46. The largest absolute Gasteiger partial charge is 0.457 e. The summed E-state index contributed by atoms with van der Waals surface area (Å²) in [6.45, 7) is 8.00. The summed E-state index contributed by atoms with van der Waals surface area (Å²) in [5.74, 6) is 1.74. The summed E-state index contributed by atoms with van der Waals surface area (Å²) in [5, 5.41) is 0. The first-order valence-corrected chi connectivity index (χ1v) is 9.00. The normalized spacial score (nSPS) is 8.82. The average Bonchev–Trinajstić information content (AvgIpc) is 2.52. The summed E-state index contributed by atoms with van der Waals surface area (Å²) in [4.78, 5) is 0. The van der Waals surface area contributed by atoms with Gasteiger partial charge in [0.1, 0.15) is 11.5 Å². The molecule has 22 heavy (non-hydrogen) atoms. The molecule has 0 aliphatic rings. The average molecular weight is 326 g/mol. The van der Waals surface area contributed by atoms with Crippen LogP contribution >= 0.6 is 0 Å². The van der Waals surface area contributed by atoms with Crippen molar-refractivity contribution >= 4 is 10.1 Å². The van der Waals surface area contributed by atoms with Crippen LogP contribution in [-0.2, 0) is 10.1 Å². The maximum absolute atomic E-state index is 9.19. The zero-order valence-electron chi connectivity index (χ0n) is 13.9. The summed E-state index contributed by atoms with van der Waals surface area (Å²) < 4.78 is 31.4. The third kappa shape index (κ3) is 16.2. The lowest BCUT2D eigenvalue weighted by Gasteiger charge is -2.03. The Morgan fingerprint density at radius 2 is 0.955 bits per heavy atom. The lowest BCUT2D eigenvalue weighted by Crippen LogP contribution is -1.88. The van der Waals surface area contributed by atoms with Crippen molar-refractivity contribution in [1.29, 1.82) is 0 Å². The van der Waals surface area contributed by atoms with Gasteiger partial charge < -0.3 is 4.74 Å². The second-order valence-corrected chi connectivity index (χ2v) is 4.93. The molecule has 0 saturated carbocycles. The van der Waals surface area contributed by atoms with Gasteiger partial charge in [0.25, 0.3) is 10.1 Å². The third-order valence-corrected chi connectivity index (χ3v) is 1.72. The van der Waals surface area contributed by atoms with Gasteiger partial charge >= 0.3 is 0 Å². The van der Waals surface area contributed by atoms with Crippen molar-refractivity contribution in [3.63, 3.8) is 0 Å². The van der Waals surface area contributed by atoms with Crippen molar-refractivity contribution in [3.05, 3.63) is 60.7 Å². The van der Waals surface area contributed by atoms with E-state index in [-0.39, 0.29) is 0 Å². The molecule has 0 aliphatic heterocycles. The molecule has 0 fully saturated rings. The van der Waals surface area contributed by atoms with Gasteiger partial charge in [-0.1, -0.05) is 64.1 Å². The van der Waals surface area contributed by atoms with E-state index >= 15 is 0 Å². The van der Waals surface area contributed by atoms with E-state index in [1.807, 2.05) is 88.4 Å². The molecule has 124 valence electrons. The molecule has 1 N–H and O–H groups in total. The van der Waals surface area contributed by atoms with Crippen LogP contribution in [0.1, 0.15) is 27.7 Å². The van der Waals surface area contributed by atoms with Gasteiger partial charge in [0.2, 0.25) is 0 Å². The predicted octanol–water partition coefficient (Wildman–Crippen LogP) is 5.04. The van der Waals surface area contributed by atoms with E-state index in [0.717, 1.165) is 11.5 Å². The third-order valence-electron chi connectivity index (χ3n) is 1.72. The first-order chi connectivity index (χ1) is 10.4. The molecule has 2 rings (SSSR count). The van der Waals surface area contributed by atoms with Crippen LogP contribution in [0.15, 0.2) is 60.7 Å². The molecule has 0 unspecified atom stereocenters. The molecule has 0 atom stereocenters. The van der Waals surface area contributed by atoms with E-state index in [0.29, 0.717) is 6.26 Å². The Kier molecular flexibility index (Phi) is 14.4. The zero-order chi connectivity index (χ0) is 17.4. The summed E-state index contributed by atoms with van der Waals surface area (Å²) in [6, 6.07) is 19.5. The Labute approximate surface area is 134 Å². The van der Waals surface area contributed by atoms with Gasteiger partial charge in [-0.05, 0) is 24.3 Å². The Bertz CT molecular complexity index is 506. The van der Waals surface area contributed by atoms with Crippen molar-refractivity contribution in [3.8, 4) is 11.5 Å². The van der Waals surface area contributed by atoms with Crippen molar-refractivity contribution in [2.45, 2.75) is 27.7 Å². The molecule has 0 bridgehead atoms. The van der Waals surface area contributed by atoms with Gasteiger partial charge in [-0.2, -0.15) is 8.42 Å². The van der Waals surface area contributed by atoms with Crippen LogP contribution in [-0.4, -0.2) is 19.2 Å². The van der Waals surface area contributed by atoms with Crippen LogP contribution in [0.4, 0.5) is 0 Å². The smallest absolute Gasteiger partial charge is 0.261 e. The first kappa shape index (κ1) is 22.4. The summed E-state index contributed by atoms with van der Waals surface area (Å²) >= 11 is 0. The molecule has 0 saturated heterocycles. The highest BCUT2D eigenvalue weighted by atomic mass is 32.2. The molecule has 0 radical (unpaired) electrons. The SMILES string of the molecule is CC.CC.CS(=O)(=O)O.c1ccc(Oc2ccccc2)cc1. The molecule has 5 heteroatoms. The van der Waals surface area contributed by atoms with Crippen LogP contribution < -0.4 is 4.74 Å². The first-order valence-electron chi connectivity index (χ1n) is 7.15. The van der Waals surface area contributed by atoms with E-state index in [2.05, 4.69) is 0 Å². The van der Waals surface area contributed by atoms with Crippen molar-refractivity contribution in [1.82, 2.24) is 0 Å². The minimum atomic E-state index is -3.67. The Morgan fingerprint density at radius 1 is 0.727 bits per heavy atom. The van der Waals surface area contributed by atoms with Crippen LogP contribution in [0.5, 0.6) is 11.5 Å². The van der Waals surface area contributed by atoms with Gasteiger partial charge in [0.15, 0.2) is 0 Å². The minimum absolute atomic E-state index is 0.715. The quantitative estimate of drug-likeness (QED) is 0.786. The molecule has 2 aromatic rings. The molecule has 2 aromatic carbocycles. The van der Waals surface area contributed by atoms with Crippen LogP contribution in [0.25, 0.3) is 0 Å². The topological polar surface area (TPSA) is 63.6 Å². The Morgan fingerprint density at radius 3 is 1.18 bits per heavy atom. The molecule has 0 aromatic heterocycles. The fourth-order valence-electron chi connectivity index (χ4n) is 1.11. The maximum Gasteiger partial charge on any atom is 0.261 e. The van der Waals surface area contributed by atoms with Gasteiger partial charge in [-0.15, -0.1) is 0 Å². The van der Waals surface area contributed by atoms with Gasteiger partial charge in [0.05, 0.1) is 6.26 Å². The highest BCUT2D eigenvalue weighted by Crippen LogP contribution is 2.19. The number of benzene rings is 2. The van der Waals surface area contributed by atoms with Crippen LogP contribution in [0.3, 0.4) is 0 Å². The highest BCUT2D eigenvalue weighted by molar-refractivity contribution is 7.85. The van der Waals surface area contributed by atoms with E-state index in [1.54, 1.807) is 0 Å². The molecule has 0 heterocycles. The maximum atomic E-state index is 9.19. The van der Waals surface area contributed by atoms with Crippen LogP contribution in [0, 0.1) is 0 Å². The number of para-hydroxylation sites is 2. The number of hydrogen-bond acceptors (Lipinski definition) is 3. The summed E-state index contributed by atoms with van der Waals surface area (Å²) in [5.41, 5.74) is 0. The summed E-state index contributed by atoms with van der Waals surface area (Å²) in [7, 11) is -3.67. The number of rotatable bonds is 2. The van der Waals surface area contributed by atoms with Gasteiger partial charge in [0, 0.05) is 0 Å². The van der Waals surface area contributed by atoms with Crippen LogP contribution in [0.2, 0.25) is 0 Å². The van der Waals surface area contributed by atoms with Gasteiger partial charge in [-0.3, -0.25) is 4.55 Å². The standard InChI is InChI=1S/C12H10O.2C2H6.CH4O3S/c1-3-7-11(8-4-1)13-12-9-5-2-6-10-12;2*1-2;1-5(2,3)4/h1-10H;2*1-2H3;1H3,(H,2,3,4). The van der Waals surface area contributed by atoms with Crippen molar-refractivity contribution in [2.75, 3.05) is 6.26 Å². The monoisotopic (exact) mass is 326 g/mol. The number of ether oxygens (including phenoxy) is 1. The van der Waals surface area contributed by atoms with E-state index in [4.69, 9.17) is 9.29 Å². The molecule has 4 nitrogen and oxygen atoms in total. The Balaban J connectivity index is 0. The minimum Gasteiger partial charge on any atom is -0.457 e. The van der Waals surface area contributed by atoms with Crippen molar-refractivity contribution in [2.24, 2.45) is 0 Å². The van der Waals surface area contributed by atoms with Gasteiger partial charge in [-0.25, -0.2) is 0 Å². The van der Waals surface area contributed by atoms with E-state index in [9.17, 15) is 8.42 Å². The Hall–Kier alpha value is -1.85. The van der Waals surface area contributed by atoms with E-state index in [1.165, 1.54) is 0 Å².